The molecule has 0 aliphatic carbocycles. The fraction of sp³-hybridized carbons (Fsp3) is 0.0556. The Morgan fingerprint density at radius 1 is 0.917 bits per heavy atom. The monoisotopic (exact) mass is 322 g/mol. The van der Waals surface area contributed by atoms with Crippen LogP contribution in [0.5, 0.6) is 0 Å². The number of amides is 1. The minimum atomic E-state index is -0.388. The third kappa shape index (κ3) is 3.55. The van der Waals surface area contributed by atoms with Gasteiger partial charge in [0.1, 0.15) is 5.82 Å². The standard InChI is InChI=1S/C18H15FN4O/c1-12-6-2-4-8-14(12)21-18(24)16-10-11-17(23-22-16)20-15-9-5-3-7-13(15)19/h2-11H,1H3,(H,20,23)(H,21,24). The lowest BCUT2D eigenvalue weighted by molar-refractivity contribution is 0.102. The summed E-state index contributed by atoms with van der Waals surface area (Å²) in [4.78, 5) is 12.2. The Morgan fingerprint density at radius 2 is 1.62 bits per heavy atom. The molecule has 1 heterocycles. The maximum absolute atomic E-state index is 13.6. The van der Waals surface area contributed by atoms with Crippen molar-refractivity contribution >= 4 is 23.1 Å². The number of hydrogen-bond acceptors (Lipinski definition) is 4. The van der Waals surface area contributed by atoms with E-state index < -0.39 is 0 Å². The van der Waals surface area contributed by atoms with Crippen LogP contribution in [-0.4, -0.2) is 16.1 Å². The van der Waals surface area contributed by atoms with E-state index >= 15 is 0 Å². The summed E-state index contributed by atoms with van der Waals surface area (Å²) in [5.41, 5.74) is 2.15. The Kier molecular flexibility index (Phi) is 4.47. The number of anilines is 3. The topological polar surface area (TPSA) is 66.9 Å². The van der Waals surface area contributed by atoms with Crippen LogP contribution in [0.4, 0.5) is 21.6 Å². The second-order valence-corrected chi connectivity index (χ2v) is 5.18. The molecule has 0 saturated carbocycles. The van der Waals surface area contributed by atoms with Gasteiger partial charge in [0, 0.05) is 5.69 Å². The molecule has 2 N–H and O–H groups in total. The fourth-order valence-electron chi connectivity index (χ4n) is 2.12. The summed E-state index contributed by atoms with van der Waals surface area (Å²) in [6.45, 7) is 1.91. The number of benzene rings is 2. The number of nitrogens with one attached hydrogen (secondary N) is 2. The highest BCUT2D eigenvalue weighted by Crippen LogP contribution is 2.18. The van der Waals surface area contributed by atoms with E-state index in [0.717, 1.165) is 11.3 Å². The van der Waals surface area contributed by atoms with Crippen LogP contribution >= 0.6 is 0 Å². The van der Waals surface area contributed by atoms with Gasteiger partial charge in [-0.15, -0.1) is 10.2 Å². The third-order valence-corrected chi connectivity index (χ3v) is 3.43. The van der Waals surface area contributed by atoms with Crippen LogP contribution in [0.2, 0.25) is 0 Å². The zero-order valence-electron chi connectivity index (χ0n) is 13.0. The summed E-state index contributed by atoms with van der Waals surface area (Å²) in [5, 5.41) is 13.4. The van der Waals surface area contributed by atoms with E-state index in [0.29, 0.717) is 11.5 Å². The molecule has 120 valence electrons. The molecular weight excluding hydrogens is 307 g/mol. The van der Waals surface area contributed by atoms with Crippen LogP contribution < -0.4 is 10.6 Å². The number of nitrogens with zero attached hydrogens (tertiary/aromatic N) is 2. The van der Waals surface area contributed by atoms with Gasteiger partial charge in [-0.2, -0.15) is 0 Å². The van der Waals surface area contributed by atoms with Gasteiger partial charge in [-0.05, 0) is 42.8 Å². The number of rotatable bonds is 4. The zero-order chi connectivity index (χ0) is 16.9. The predicted molar refractivity (Wildman–Crippen MR) is 90.8 cm³/mol. The fourth-order valence-corrected chi connectivity index (χ4v) is 2.12. The molecule has 0 fully saturated rings. The minimum Gasteiger partial charge on any atom is -0.336 e. The maximum Gasteiger partial charge on any atom is 0.276 e. The average Bonchev–Trinajstić information content (AvgIpc) is 2.59. The van der Waals surface area contributed by atoms with E-state index in [1.54, 1.807) is 24.3 Å². The van der Waals surface area contributed by atoms with Gasteiger partial charge in [0.2, 0.25) is 0 Å². The molecule has 1 amide bonds. The minimum absolute atomic E-state index is 0.178. The van der Waals surface area contributed by atoms with Crippen molar-refractivity contribution in [3.8, 4) is 0 Å². The number of hydrogen-bond donors (Lipinski definition) is 2. The second-order valence-electron chi connectivity index (χ2n) is 5.18. The molecule has 0 atom stereocenters. The Labute approximate surface area is 138 Å². The molecule has 24 heavy (non-hydrogen) atoms. The lowest BCUT2D eigenvalue weighted by atomic mass is 10.2. The second kappa shape index (κ2) is 6.87. The lowest BCUT2D eigenvalue weighted by Gasteiger charge is -2.08. The zero-order valence-corrected chi connectivity index (χ0v) is 13.0. The average molecular weight is 322 g/mol. The van der Waals surface area contributed by atoms with Crippen molar-refractivity contribution < 1.29 is 9.18 Å². The van der Waals surface area contributed by atoms with Crippen LogP contribution in [-0.2, 0) is 0 Å². The summed E-state index contributed by atoms with van der Waals surface area (Å²) < 4.78 is 13.6. The van der Waals surface area contributed by atoms with E-state index in [2.05, 4.69) is 20.8 Å². The van der Waals surface area contributed by atoms with Gasteiger partial charge in [-0.3, -0.25) is 4.79 Å². The molecule has 6 heteroatoms. The number of aryl methyl sites for hydroxylation is 1. The van der Waals surface area contributed by atoms with Crippen molar-refractivity contribution in [3.63, 3.8) is 0 Å². The molecule has 0 bridgehead atoms. The van der Waals surface area contributed by atoms with Crippen LogP contribution in [0.25, 0.3) is 0 Å². The summed E-state index contributed by atoms with van der Waals surface area (Å²) in [6, 6.07) is 16.8. The van der Waals surface area contributed by atoms with E-state index in [-0.39, 0.29) is 17.4 Å². The summed E-state index contributed by atoms with van der Waals surface area (Å²) in [5.74, 6) is -0.387. The molecule has 0 radical (unpaired) electrons. The summed E-state index contributed by atoms with van der Waals surface area (Å²) in [7, 11) is 0. The normalized spacial score (nSPS) is 10.2. The van der Waals surface area contributed by atoms with Gasteiger partial charge < -0.3 is 10.6 Å². The third-order valence-electron chi connectivity index (χ3n) is 3.43. The lowest BCUT2D eigenvalue weighted by Crippen LogP contribution is -2.15. The molecule has 2 aromatic carbocycles. The number of aromatic nitrogens is 2. The van der Waals surface area contributed by atoms with Gasteiger partial charge in [-0.25, -0.2) is 4.39 Å². The molecule has 1 aromatic heterocycles. The Morgan fingerprint density at radius 3 is 2.29 bits per heavy atom. The highest BCUT2D eigenvalue weighted by molar-refractivity contribution is 6.03. The first kappa shape index (κ1) is 15.6. The number of carbonyl (C=O) groups is 1. The van der Waals surface area contributed by atoms with Crippen molar-refractivity contribution in [2.24, 2.45) is 0 Å². The van der Waals surface area contributed by atoms with Gasteiger partial charge in [0.05, 0.1) is 5.69 Å². The van der Waals surface area contributed by atoms with E-state index in [9.17, 15) is 9.18 Å². The molecule has 0 aliphatic rings. The number of carbonyl (C=O) groups excluding carboxylic acids is 1. The predicted octanol–water partition coefficient (Wildman–Crippen LogP) is 3.92. The maximum atomic E-state index is 13.6. The quantitative estimate of drug-likeness (QED) is 0.764. The largest absolute Gasteiger partial charge is 0.336 e. The molecule has 0 saturated heterocycles. The van der Waals surface area contributed by atoms with Crippen LogP contribution in [0.1, 0.15) is 16.1 Å². The van der Waals surface area contributed by atoms with Crippen LogP contribution in [0, 0.1) is 12.7 Å². The van der Waals surface area contributed by atoms with E-state index in [1.807, 2.05) is 31.2 Å². The van der Waals surface area contributed by atoms with Gasteiger partial charge >= 0.3 is 0 Å². The van der Waals surface area contributed by atoms with Crippen molar-refractivity contribution in [2.45, 2.75) is 6.92 Å². The smallest absolute Gasteiger partial charge is 0.276 e. The van der Waals surface area contributed by atoms with Crippen molar-refractivity contribution in [3.05, 3.63) is 77.7 Å². The van der Waals surface area contributed by atoms with Gasteiger partial charge in [0.15, 0.2) is 11.5 Å². The molecule has 0 aliphatic heterocycles. The van der Waals surface area contributed by atoms with Gasteiger partial charge in [-0.1, -0.05) is 30.3 Å². The molecule has 0 spiro atoms. The summed E-state index contributed by atoms with van der Waals surface area (Å²) in [6.07, 6.45) is 0. The molecule has 5 nitrogen and oxygen atoms in total. The van der Waals surface area contributed by atoms with Gasteiger partial charge in [0.25, 0.3) is 5.91 Å². The molecular formula is C18H15FN4O. The molecule has 0 unspecified atom stereocenters. The van der Waals surface area contributed by atoms with Crippen LogP contribution in [0.3, 0.4) is 0 Å². The van der Waals surface area contributed by atoms with E-state index in [4.69, 9.17) is 0 Å². The first-order valence-corrected chi connectivity index (χ1v) is 7.36. The first-order chi connectivity index (χ1) is 11.6. The number of para-hydroxylation sites is 2. The van der Waals surface area contributed by atoms with Crippen LogP contribution in [0.15, 0.2) is 60.7 Å². The Bertz CT molecular complexity index is 865. The Hall–Kier alpha value is -3.28. The van der Waals surface area contributed by atoms with Crippen molar-refractivity contribution in [1.82, 2.24) is 10.2 Å². The molecule has 3 aromatic rings. The highest BCUT2D eigenvalue weighted by atomic mass is 19.1. The SMILES string of the molecule is Cc1ccccc1NC(=O)c1ccc(Nc2ccccc2F)nn1. The van der Waals surface area contributed by atoms with Crippen molar-refractivity contribution in [2.75, 3.05) is 10.6 Å². The van der Waals surface area contributed by atoms with E-state index in [1.165, 1.54) is 12.1 Å². The van der Waals surface area contributed by atoms with Crippen molar-refractivity contribution in [1.29, 1.82) is 0 Å². The number of halogens is 1. The Balaban J connectivity index is 1.71. The molecule has 3 rings (SSSR count). The first-order valence-electron chi connectivity index (χ1n) is 7.36. The highest BCUT2D eigenvalue weighted by Gasteiger charge is 2.10. The summed E-state index contributed by atoms with van der Waals surface area (Å²) >= 11 is 0.